The average molecular weight is 337 g/mol. The Kier molecular flexibility index (Phi) is 6.21. The molecule has 0 saturated heterocycles. The number of alkyl halides is 1. The van der Waals surface area contributed by atoms with Gasteiger partial charge in [0.1, 0.15) is 12.2 Å². The van der Waals surface area contributed by atoms with Gasteiger partial charge in [0.05, 0.1) is 6.54 Å². The van der Waals surface area contributed by atoms with E-state index in [1.165, 1.54) is 5.56 Å². The zero-order chi connectivity index (χ0) is 14.2. The van der Waals surface area contributed by atoms with Crippen molar-refractivity contribution in [3.05, 3.63) is 48.0 Å². The van der Waals surface area contributed by atoms with Crippen LogP contribution in [-0.4, -0.2) is 31.5 Å². The summed E-state index contributed by atoms with van der Waals surface area (Å²) in [6.45, 7) is 5.86. The molecule has 5 heteroatoms. The molecule has 0 bridgehead atoms. The Morgan fingerprint density at radius 3 is 2.70 bits per heavy atom. The second-order valence-corrected chi connectivity index (χ2v) is 5.58. The normalized spacial score (nSPS) is 11.2. The highest BCUT2D eigenvalue weighted by molar-refractivity contribution is 9.09. The fraction of sp³-hybridized carbons (Fsp3) is 0.467. The van der Waals surface area contributed by atoms with Crippen molar-refractivity contribution in [1.29, 1.82) is 0 Å². The highest BCUT2D eigenvalue weighted by atomic mass is 79.9. The number of rotatable bonds is 8. The molecule has 1 aromatic heterocycles. The van der Waals surface area contributed by atoms with Gasteiger partial charge in [-0.15, -0.1) is 0 Å². The second-order valence-electron chi connectivity index (χ2n) is 4.78. The molecule has 0 aliphatic heterocycles. The van der Waals surface area contributed by atoms with E-state index in [1.807, 2.05) is 4.68 Å². The Balaban J connectivity index is 2.03. The van der Waals surface area contributed by atoms with E-state index in [9.17, 15) is 0 Å². The topological polar surface area (TPSA) is 34.0 Å². The lowest BCUT2D eigenvalue weighted by atomic mass is 10.2. The van der Waals surface area contributed by atoms with Gasteiger partial charge in [0.15, 0.2) is 0 Å². The molecular formula is C15H21BrN4. The number of aromatic nitrogens is 3. The minimum Gasteiger partial charge on any atom is -0.291 e. The number of aryl methyl sites for hydroxylation is 1. The van der Waals surface area contributed by atoms with Gasteiger partial charge >= 0.3 is 0 Å². The van der Waals surface area contributed by atoms with Crippen LogP contribution < -0.4 is 0 Å². The monoisotopic (exact) mass is 336 g/mol. The Bertz CT molecular complexity index is 498. The quantitative estimate of drug-likeness (QED) is 0.694. The van der Waals surface area contributed by atoms with Gasteiger partial charge in [-0.25, -0.2) is 9.67 Å². The van der Waals surface area contributed by atoms with Crippen LogP contribution in [0.15, 0.2) is 36.7 Å². The first-order valence-corrected chi connectivity index (χ1v) is 8.14. The summed E-state index contributed by atoms with van der Waals surface area (Å²) in [5, 5.41) is 5.25. The van der Waals surface area contributed by atoms with E-state index in [2.05, 4.69) is 68.2 Å². The predicted octanol–water partition coefficient (Wildman–Crippen LogP) is 3.09. The predicted molar refractivity (Wildman–Crippen MR) is 84.7 cm³/mol. The van der Waals surface area contributed by atoms with Gasteiger partial charge in [0, 0.05) is 25.0 Å². The molecule has 4 nitrogen and oxygen atoms in total. The first kappa shape index (κ1) is 15.2. The summed E-state index contributed by atoms with van der Waals surface area (Å²) in [5.74, 6) is 1.05. The lowest BCUT2D eigenvalue weighted by molar-refractivity contribution is 0.261. The summed E-state index contributed by atoms with van der Waals surface area (Å²) in [5.41, 5.74) is 1.33. The van der Waals surface area contributed by atoms with Crippen LogP contribution in [0.3, 0.4) is 0 Å². The maximum atomic E-state index is 4.39. The molecule has 0 amide bonds. The Hall–Kier alpha value is -1.20. The molecule has 108 valence electrons. The van der Waals surface area contributed by atoms with Gasteiger partial charge in [-0.3, -0.25) is 4.90 Å². The Morgan fingerprint density at radius 2 is 2.00 bits per heavy atom. The largest absolute Gasteiger partial charge is 0.291 e. The van der Waals surface area contributed by atoms with E-state index < -0.39 is 0 Å². The lowest BCUT2D eigenvalue weighted by Crippen LogP contribution is -2.26. The van der Waals surface area contributed by atoms with Crippen molar-refractivity contribution in [1.82, 2.24) is 19.7 Å². The Labute approximate surface area is 128 Å². The first-order valence-electron chi connectivity index (χ1n) is 7.02. The molecule has 1 heterocycles. The molecule has 0 aliphatic rings. The summed E-state index contributed by atoms with van der Waals surface area (Å²) in [7, 11) is 0. The van der Waals surface area contributed by atoms with Crippen LogP contribution in [0.25, 0.3) is 0 Å². The van der Waals surface area contributed by atoms with Gasteiger partial charge in [-0.1, -0.05) is 53.2 Å². The highest BCUT2D eigenvalue weighted by Gasteiger charge is 2.11. The smallest absolute Gasteiger partial charge is 0.141 e. The van der Waals surface area contributed by atoms with Crippen LogP contribution >= 0.6 is 15.9 Å². The molecule has 0 saturated carbocycles. The number of hydrogen-bond donors (Lipinski definition) is 0. The Morgan fingerprint density at radius 1 is 1.20 bits per heavy atom. The van der Waals surface area contributed by atoms with Crippen LogP contribution in [-0.2, 0) is 19.6 Å². The molecule has 20 heavy (non-hydrogen) atoms. The van der Waals surface area contributed by atoms with Crippen LogP contribution in [0.4, 0.5) is 0 Å². The molecule has 0 aliphatic carbocycles. The van der Waals surface area contributed by atoms with Gasteiger partial charge in [0.2, 0.25) is 0 Å². The van der Waals surface area contributed by atoms with Crippen LogP contribution in [0, 0.1) is 0 Å². The van der Waals surface area contributed by atoms with Crippen molar-refractivity contribution in [2.75, 3.05) is 11.9 Å². The number of benzene rings is 1. The van der Waals surface area contributed by atoms with Crippen LogP contribution in [0.5, 0.6) is 0 Å². The van der Waals surface area contributed by atoms with Crippen molar-refractivity contribution in [3.63, 3.8) is 0 Å². The average Bonchev–Trinajstić information content (AvgIpc) is 2.88. The summed E-state index contributed by atoms with van der Waals surface area (Å²) in [6.07, 6.45) is 2.73. The summed E-state index contributed by atoms with van der Waals surface area (Å²) in [6, 6.07) is 10.6. The van der Waals surface area contributed by atoms with E-state index in [0.717, 1.165) is 43.8 Å². The van der Waals surface area contributed by atoms with Gasteiger partial charge in [0.25, 0.3) is 0 Å². The fourth-order valence-electron chi connectivity index (χ4n) is 2.18. The molecule has 0 radical (unpaired) electrons. The first-order chi connectivity index (χ1) is 9.83. The van der Waals surface area contributed by atoms with E-state index >= 15 is 0 Å². The summed E-state index contributed by atoms with van der Waals surface area (Å²) in [4.78, 5) is 6.78. The molecule has 0 atom stereocenters. The lowest BCUT2D eigenvalue weighted by Gasteiger charge is -2.21. The molecule has 1 aromatic carbocycles. The van der Waals surface area contributed by atoms with Crippen molar-refractivity contribution < 1.29 is 0 Å². The molecular weight excluding hydrogens is 316 g/mol. The molecule has 0 spiro atoms. The van der Waals surface area contributed by atoms with Crippen LogP contribution in [0.2, 0.25) is 0 Å². The second kappa shape index (κ2) is 8.17. The summed E-state index contributed by atoms with van der Waals surface area (Å²) >= 11 is 3.53. The molecule has 0 unspecified atom stereocenters. The van der Waals surface area contributed by atoms with Crippen molar-refractivity contribution in [2.45, 2.75) is 33.0 Å². The third-order valence-corrected chi connectivity index (χ3v) is 3.50. The van der Waals surface area contributed by atoms with E-state index in [0.29, 0.717) is 0 Å². The van der Waals surface area contributed by atoms with Crippen LogP contribution in [0.1, 0.15) is 24.7 Å². The molecule has 2 aromatic rings. The minimum absolute atomic E-state index is 0.834. The summed E-state index contributed by atoms with van der Waals surface area (Å²) < 4.78 is 2.01. The number of hydrogen-bond acceptors (Lipinski definition) is 3. The zero-order valence-electron chi connectivity index (χ0n) is 11.9. The maximum Gasteiger partial charge on any atom is 0.141 e. The maximum absolute atomic E-state index is 4.39. The van der Waals surface area contributed by atoms with Crippen molar-refractivity contribution >= 4 is 15.9 Å². The van der Waals surface area contributed by atoms with Crippen molar-refractivity contribution in [2.24, 2.45) is 0 Å². The SMILES string of the molecule is CCCn1ncnc1CN(CCBr)Cc1ccccc1. The fourth-order valence-corrected chi connectivity index (χ4v) is 2.69. The van der Waals surface area contributed by atoms with E-state index in [-0.39, 0.29) is 0 Å². The third kappa shape index (κ3) is 4.42. The molecule has 0 N–H and O–H groups in total. The van der Waals surface area contributed by atoms with Gasteiger partial charge in [-0.05, 0) is 12.0 Å². The van der Waals surface area contributed by atoms with Gasteiger partial charge in [-0.2, -0.15) is 5.10 Å². The van der Waals surface area contributed by atoms with E-state index in [1.54, 1.807) is 6.33 Å². The van der Waals surface area contributed by atoms with Crippen molar-refractivity contribution in [3.8, 4) is 0 Å². The highest BCUT2D eigenvalue weighted by Crippen LogP contribution is 2.09. The minimum atomic E-state index is 0.834. The number of nitrogens with zero attached hydrogens (tertiary/aromatic N) is 4. The third-order valence-electron chi connectivity index (χ3n) is 3.15. The zero-order valence-corrected chi connectivity index (χ0v) is 13.5. The van der Waals surface area contributed by atoms with Gasteiger partial charge < -0.3 is 0 Å². The standard InChI is InChI=1S/C15H21BrN4/c1-2-9-20-15(17-13-18-20)12-19(10-8-16)11-14-6-4-3-5-7-14/h3-7,13H,2,8-12H2,1H3. The number of halogens is 1. The van der Waals surface area contributed by atoms with E-state index in [4.69, 9.17) is 0 Å². The molecule has 2 rings (SSSR count). The molecule has 0 fully saturated rings.